The molecule has 1 unspecified atom stereocenters. The molecular weight excluding hydrogens is 376 g/mol. The highest BCUT2D eigenvalue weighted by atomic mass is 16.5. The van der Waals surface area contributed by atoms with Crippen LogP contribution in [0.3, 0.4) is 0 Å². The van der Waals surface area contributed by atoms with Gasteiger partial charge in [-0.05, 0) is 45.0 Å². The molecule has 1 amide bonds. The van der Waals surface area contributed by atoms with Crippen LogP contribution < -0.4 is 4.90 Å². The first-order valence-corrected chi connectivity index (χ1v) is 10.7. The average Bonchev–Trinajstić information content (AvgIpc) is 3.13. The van der Waals surface area contributed by atoms with Gasteiger partial charge in [0.05, 0.1) is 30.3 Å². The molecule has 1 fully saturated rings. The number of para-hydroxylation sites is 3. The minimum Gasteiger partial charge on any atom is -0.379 e. The molecule has 3 aromatic rings. The van der Waals surface area contributed by atoms with Gasteiger partial charge in [0.15, 0.2) is 0 Å². The van der Waals surface area contributed by atoms with Crippen molar-refractivity contribution in [3.05, 3.63) is 60.4 Å². The van der Waals surface area contributed by atoms with Crippen LogP contribution in [0.5, 0.6) is 0 Å². The highest BCUT2D eigenvalue weighted by Gasteiger charge is 2.27. The van der Waals surface area contributed by atoms with E-state index in [9.17, 15) is 4.79 Å². The van der Waals surface area contributed by atoms with Gasteiger partial charge in [-0.3, -0.25) is 9.69 Å². The number of nitrogens with zero attached hydrogens (tertiary/aromatic N) is 4. The minimum atomic E-state index is 0.0646. The Kier molecular flexibility index (Phi) is 6.16. The van der Waals surface area contributed by atoms with Crippen molar-refractivity contribution in [1.82, 2.24) is 14.5 Å². The van der Waals surface area contributed by atoms with E-state index in [1.54, 1.807) is 0 Å². The smallest absolute Gasteiger partial charge is 0.247 e. The zero-order valence-electron chi connectivity index (χ0n) is 18.0. The van der Waals surface area contributed by atoms with Crippen molar-refractivity contribution < 1.29 is 9.53 Å². The van der Waals surface area contributed by atoms with Crippen molar-refractivity contribution in [3.8, 4) is 0 Å². The summed E-state index contributed by atoms with van der Waals surface area (Å²) >= 11 is 0. The first-order valence-electron chi connectivity index (χ1n) is 10.7. The third-order valence-corrected chi connectivity index (χ3v) is 5.76. The maximum absolute atomic E-state index is 13.5. The lowest BCUT2D eigenvalue weighted by Gasteiger charge is -2.32. The third-order valence-electron chi connectivity index (χ3n) is 5.76. The number of rotatable bonds is 6. The predicted octanol–water partition coefficient (Wildman–Crippen LogP) is 3.87. The number of carbonyl (C=O) groups is 1. The fourth-order valence-electron chi connectivity index (χ4n) is 4.24. The normalized spacial score (nSPS) is 16.1. The molecule has 1 aliphatic rings. The number of carbonyl (C=O) groups excluding carboxylic acids is 1. The van der Waals surface area contributed by atoms with Crippen LogP contribution in [0, 0.1) is 0 Å². The number of hydrogen-bond acceptors (Lipinski definition) is 4. The highest BCUT2D eigenvalue weighted by Crippen LogP contribution is 2.26. The molecule has 6 heteroatoms. The Bertz CT molecular complexity index is 993. The molecule has 0 saturated carbocycles. The number of hydrogen-bond donors (Lipinski definition) is 0. The summed E-state index contributed by atoms with van der Waals surface area (Å²) in [5, 5.41) is 0. The number of ether oxygens (including phenoxy) is 1. The van der Waals surface area contributed by atoms with Crippen LogP contribution in [0.1, 0.15) is 32.6 Å². The monoisotopic (exact) mass is 406 g/mol. The summed E-state index contributed by atoms with van der Waals surface area (Å²) in [6.07, 6.45) is 0. The number of fused-ring (bicyclic) bond motifs is 1. The largest absolute Gasteiger partial charge is 0.379 e. The fraction of sp³-hybridized carbons (Fsp3) is 0.417. The quantitative estimate of drug-likeness (QED) is 0.624. The summed E-state index contributed by atoms with van der Waals surface area (Å²) in [4.78, 5) is 22.7. The summed E-state index contributed by atoms with van der Waals surface area (Å²) < 4.78 is 7.61. The molecule has 1 aliphatic heterocycles. The fourth-order valence-corrected chi connectivity index (χ4v) is 4.24. The molecule has 158 valence electrons. The number of benzene rings is 2. The summed E-state index contributed by atoms with van der Waals surface area (Å²) in [7, 11) is 0. The molecule has 2 aromatic carbocycles. The van der Waals surface area contributed by atoms with E-state index in [1.165, 1.54) is 0 Å². The molecule has 0 bridgehead atoms. The minimum absolute atomic E-state index is 0.0646. The average molecular weight is 407 g/mol. The highest BCUT2D eigenvalue weighted by molar-refractivity contribution is 5.94. The Labute approximate surface area is 178 Å². The van der Waals surface area contributed by atoms with E-state index >= 15 is 0 Å². The number of aromatic nitrogens is 2. The van der Waals surface area contributed by atoms with Gasteiger partial charge in [-0.2, -0.15) is 0 Å². The van der Waals surface area contributed by atoms with Crippen LogP contribution in [0.2, 0.25) is 0 Å². The van der Waals surface area contributed by atoms with Crippen molar-refractivity contribution in [2.24, 2.45) is 0 Å². The van der Waals surface area contributed by atoms with Crippen molar-refractivity contribution >= 4 is 22.6 Å². The van der Waals surface area contributed by atoms with Crippen LogP contribution >= 0.6 is 0 Å². The van der Waals surface area contributed by atoms with Gasteiger partial charge in [0, 0.05) is 24.8 Å². The van der Waals surface area contributed by atoms with Gasteiger partial charge in [0.1, 0.15) is 12.4 Å². The van der Waals surface area contributed by atoms with Crippen molar-refractivity contribution in [1.29, 1.82) is 0 Å². The van der Waals surface area contributed by atoms with Gasteiger partial charge < -0.3 is 14.2 Å². The lowest BCUT2D eigenvalue weighted by Crippen LogP contribution is -2.41. The van der Waals surface area contributed by atoms with Gasteiger partial charge in [0.25, 0.3) is 0 Å². The van der Waals surface area contributed by atoms with Crippen LogP contribution in [-0.4, -0.2) is 52.7 Å². The van der Waals surface area contributed by atoms with Crippen molar-refractivity contribution in [3.63, 3.8) is 0 Å². The zero-order valence-corrected chi connectivity index (χ0v) is 18.0. The summed E-state index contributed by atoms with van der Waals surface area (Å²) in [5.74, 6) is 0.998. The van der Waals surface area contributed by atoms with Crippen LogP contribution in [-0.2, 0) is 16.1 Å². The SMILES string of the molecule is CC(c1nc2ccccc2n1CC(=O)N(c1ccccc1)C(C)C)N1CCOCC1. The molecule has 1 aromatic heterocycles. The number of anilines is 1. The van der Waals surface area contributed by atoms with Crippen LogP contribution in [0.4, 0.5) is 5.69 Å². The van der Waals surface area contributed by atoms with Crippen molar-refractivity contribution in [2.45, 2.75) is 39.4 Å². The van der Waals surface area contributed by atoms with E-state index < -0.39 is 0 Å². The van der Waals surface area contributed by atoms with Crippen LogP contribution in [0.15, 0.2) is 54.6 Å². The van der Waals surface area contributed by atoms with E-state index in [2.05, 4.69) is 16.4 Å². The lowest BCUT2D eigenvalue weighted by molar-refractivity contribution is -0.119. The van der Waals surface area contributed by atoms with E-state index in [-0.39, 0.29) is 24.5 Å². The molecule has 0 aliphatic carbocycles. The summed E-state index contributed by atoms with van der Waals surface area (Å²) in [6, 6.07) is 18.1. The zero-order chi connectivity index (χ0) is 21.1. The van der Waals surface area contributed by atoms with E-state index in [1.807, 2.05) is 73.3 Å². The second-order valence-corrected chi connectivity index (χ2v) is 8.06. The molecule has 1 atom stereocenters. The van der Waals surface area contributed by atoms with E-state index in [0.717, 1.165) is 48.8 Å². The van der Waals surface area contributed by atoms with Crippen LogP contribution in [0.25, 0.3) is 11.0 Å². The molecule has 0 radical (unpaired) electrons. The Morgan fingerprint density at radius 1 is 1.03 bits per heavy atom. The molecule has 30 heavy (non-hydrogen) atoms. The van der Waals surface area contributed by atoms with Gasteiger partial charge in [-0.25, -0.2) is 4.98 Å². The van der Waals surface area contributed by atoms with Gasteiger partial charge in [-0.1, -0.05) is 30.3 Å². The van der Waals surface area contributed by atoms with E-state index in [4.69, 9.17) is 9.72 Å². The first-order chi connectivity index (χ1) is 14.6. The molecule has 0 N–H and O–H groups in total. The maximum Gasteiger partial charge on any atom is 0.247 e. The molecular formula is C24H30N4O2. The molecule has 6 nitrogen and oxygen atoms in total. The first kappa shape index (κ1) is 20.6. The summed E-state index contributed by atoms with van der Waals surface area (Å²) in [6.45, 7) is 9.75. The molecule has 0 spiro atoms. The van der Waals surface area contributed by atoms with E-state index in [0.29, 0.717) is 0 Å². The van der Waals surface area contributed by atoms with Gasteiger partial charge in [0.2, 0.25) is 5.91 Å². The number of imidazole rings is 1. The Morgan fingerprint density at radius 3 is 2.40 bits per heavy atom. The third kappa shape index (κ3) is 4.11. The van der Waals surface area contributed by atoms with Gasteiger partial charge >= 0.3 is 0 Å². The molecule has 1 saturated heterocycles. The second kappa shape index (κ2) is 8.98. The Hall–Kier alpha value is -2.70. The summed E-state index contributed by atoms with van der Waals surface area (Å²) in [5.41, 5.74) is 2.85. The molecule has 4 rings (SSSR count). The lowest BCUT2D eigenvalue weighted by atomic mass is 10.2. The maximum atomic E-state index is 13.5. The number of morpholine rings is 1. The topological polar surface area (TPSA) is 50.6 Å². The Balaban J connectivity index is 1.69. The molecule has 2 heterocycles. The Morgan fingerprint density at radius 2 is 1.70 bits per heavy atom. The standard InChI is InChI=1S/C24H30N4O2/c1-18(2)28(20-9-5-4-6-10-20)23(29)17-27-22-12-8-7-11-21(22)25-24(27)19(3)26-13-15-30-16-14-26/h4-12,18-19H,13-17H2,1-3H3. The van der Waals surface area contributed by atoms with Gasteiger partial charge in [-0.15, -0.1) is 0 Å². The predicted molar refractivity (Wildman–Crippen MR) is 120 cm³/mol. The van der Waals surface area contributed by atoms with Crippen molar-refractivity contribution in [2.75, 3.05) is 31.2 Å². The second-order valence-electron chi connectivity index (χ2n) is 8.06. The number of amides is 1.